The van der Waals surface area contributed by atoms with Crippen LogP contribution in [-0.2, 0) is 34.2 Å². The maximum atomic E-state index is 14.7. The van der Waals surface area contributed by atoms with Crippen molar-refractivity contribution in [3.05, 3.63) is 118 Å². The molecule has 6 saturated heterocycles. The van der Waals surface area contributed by atoms with Gasteiger partial charge in [-0.2, -0.15) is 30.6 Å². The number of imidazole rings is 6. The minimum atomic E-state index is -2.03. The second kappa shape index (κ2) is 37.3. The molecule has 122 heavy (non-hydrogen) atoms. The first-order valence-corrected chi connectivity index (χ1v) is 43.9. The second-order valence-corrected chi connectivity index (χ2v) is 33.6. The SMILES string of the molecule is CC[C@H]1O[C@@H](c2cnc3c(C)nc(C)nn23)[C@H](F)[C@@H]1C.CC[C@H]1O[C@@H](c2cnc3c(N)ccnn23)[C@H](F)[C@@H]1C.CC[C@H]1O[C@@H](c2cnc3c(N)nc(C)nn23)[C@H](F)[C@@H]1C.CC[C@H]1O[C@@H](c2cnc3c(N)nc(C)nn23)[C@H](F)[C@@H]1C.CC[C@H]1O[C@@H](c2cnc3c(SC)nc(C)nn23)[C@H](F)[C@@H]1C.CC[C@H]1O[C@@](O)(c2cnc3c(SC)nc(C)nn23)[C@H](F)[C@@H]1C. The Morgan fingerprint density at radius 3 is 1.02 bits per heavy atom. The van der Waals surface area contributed by atoms with E-state index in [1.165, 1.54) is 34.2 Å². The van der Waals surface area contributed by atoms with Crippen molar-refractivity contribution >= 4 is 74.7 Å². The molecule has 18 rings (SSSR count). The predicted octanol–water partition coefficient (Wildman–Crippen LogP) is 13.4. The zero-order valence-corrected chi connectivity index (χ0v) is 73.8. The molecule has 6 fully saturated rings. The first-order valence-electron chi connectivity index (χ1n) is 41.5. The molecule has 0 unspecified atom stereocenters. The van der Waals surface area contributed by atoms with Gasteiger partial charge < -0.3 is 50.7 Å². The van der Waals surface area contributed by atoms with Crippen LogP contribution in [0.2, 0.25) is 0 Å². The number of hydrogen-bond acceptors (Lipinski definition) is 29. The summed E-state index contributed by atoms with van der Waals surface area (Å²) < 4.78 is 131. The molecule has 24 atom stereocenters. The summed E-state index contributed by atoms with van der Waals surface area (Å²) in [5, 5.41) is 38.0. The number of ether oxygens (including phenoxy) is 6. The number of nitrogens with two attached hydrogens (primary N) is 3. The monoisotopic (exact) mass is 1740 g/mol. The molecule has 0 aromatic carbocycles. The third kappa shape index (κ3) is 17.1. The molecule has 18 heterocycles. The standard InChI is InChI=1S/C14H19FN4O2S.C14H19FN4OS.C14H19FN4O.2C13H18FN5O.C13H17FN4O/c1-5-9-7(2)11(15)14(20,21-9)10-6-16-12-13(22-4)17-8(3)18-19(10)12;1-5-10-7(2)11(15)12(20-10)9-6-16-13-14(21-4)17-8(3)18-19(9)13;1-5-11-7(2)12(15)13(20-11)10-6-16-14-8(3)17-9(4)18-19(10)14;2*1-4-9-6(2)10(14)11(20-9)8-5-16-13-12(15)17-7(3)18-19(8)13;1-3-10-7(2)11(14)12(19-10)9-6-16-13-8(15)4-5-17-18(9)13/h6-7,9,11,20H,5H2,1-4H3;6-7,10-12H,5H2,1-4H3;6-7,11-13H,5H2,1-4H3;2*5-6,9-11H,4H2,1-3H3,(H2,15,17,18);4-7,10-12H,3,15H2,1-2H3/t7-,9-,11-,14+;7-,10-,11-,12+;7-,11-,12-,13+;2*6-,9-,10-,11+;7-,10-,11-,12+/m111111/s1. The average Bonchev–Trinajstić information content (AvgIpc) is 1.84. The molecule has 6 aliphatic rings. The van der Waals surface area contributed by atoms with Crippen LogP contribution in [0.4, 0.5) is 43.7 Å². The molecule has 7 N–H and O–H groups in total. The number of anilines is 3. The van der Waals surface area contributed by atoms with E-state index in [9.17, 15) is 31.4 Å². The van der Waals surface area contributed by atoms with E-state index in [0.717, 1.165) is 42.8 Å². The molecule has 6 aliphatic heterocycles. The second-order valence-electron chi connectivity index (χ2n) is 32.0. The Labute approximate surface area is 710 Å². The Morgan fingerprint density at radius 1 is 0.377 bits per heavy atom. The van der Waals surface area contributed by atoms with Crippen molar-refractivity contribution in [2.75, 3.05) is 29.7 Å². The van der Waals surface area contributed by atoms with Crippen LogP contribution < -0.4 is 17.2 Å². The molecule has 12 aromatic heterocycles. The molecule has 0 radical (unpaired) electrons. The molecule has 0 spiro atoms. The number of hydrogen-bond donors (Lipinski definition) is 4. The van der Waals surface area contributed by atoms with Crippen molar-refractivity contribution in [2.24, 2.45) is 35.5 Å². The molecule has 12 aromatic rings. The van der Waals surface area contributed by atoms with E-state index in [1.807, 2.05) is 109 Å². The largest absolute Gasteiger partial charge is 0.396 e. The van der Waals surface area contributed by atoms with E-state index in [2.05, 4.69) is 85.4 Å². The lowest BCUT2D eigenvalue weighted by molar-refractivity contribution is -0.227. The number of aliphatic hydroxyl groups is 1. The minimum absolute atomic E-state index is 0.0513. The Bertz CT molecular complexity index is 5380. The number of alkyl halides is 6. The van der Waals surface area contributed by atoms with Gasteiger partial charge in [-0.1, -0.05) is 83.1 Å². The zero-order valence-electron chi connectivity index (χ0n) is 72.1. The maximum absolute atomic E-state index is 14.7. The zero-order chi connectivity index (χ0) is 88.1. The fourth-order valence-electron chi connectivity index (χ4n) is 17.0. The highest BCUT2D eigenvalue weighted by atomic mass is 32.2. The van der Waals surface area contributed by atoms with Gasteiger partial charge in [0, 0.05) is 35.5 Å². The molecule has 33 nitrogen and oxygen atoms in total. The van der Waals surface area contributed by atoms with Gasteiger partial charge in [-0.25, -0.2) is 108 Å². The molecule has 0 aliphatic carbocycles. The molecular weight excluding hydrogens is 1630 g/mol. The van der Waals surface area contributed by atoms with E-state index >= 15 is 0 Å². The lowest BCUT2D eigenvalue weighted by Crippen LogP contribution is -2.37. The van der Waals surface area contributed by atoms with Crippen LogP contribution in [0.5, 0.6) is 0 Å². The highest BCUT2D eigenvalue weighted by Gasteiger charge is 2.56. The summed E-state index contributed by atoms with van der Waals surface area (Å²) in [6, 6.07) is 1.67. The highest BCUT2D eigenvalue weighted by molar-refractivity contribution is 7.99. The van der Waals surface area contributed by atoms with Crippen LogP contribution in [-0.4, -0.2) is 204 Å². The number of rotatable bonds is 14. The number of nitrogens with zero attached hydrogens (tertiary/aromatic N) is 23. The third-order valence-corrected chi connectivity index (χ3v) is 25.3. The number of thioether (sulfide) groups is 2. The molecule has 660 valence electrons. The number of aromatic nitrogens is 23. The highest BCUT2D eigenvalue weighted by Crippen LogP contribution is 2.48. The summed E-state index contributed by atoms with van der Waals surface area (Å²) in [6.45, 7) is 33.8. The Morgan fingerprint density at radius 2 is 0.672 bits per heavy atom. The van der Waals surface area contributed by atoms with Gasteiger partial charge in [-0.15, -0.1) is 23.5 Å². The molecule has 0 amide bonds. The van der Waals surface area contributed by atoms with Crippen LogP contribution in [0, 0.1) is 77.0 Å². The quantitative estimate of drug-likeness (QED) is 0.0580. The summed E-state index contributed by atoms with van der Waals surface area (Å²) in [7, 11) is 0. The van der Waals surface area contributed by atoms with Gasteiger partial charge in [0.2, 0.25) is 5.79 Å². The van der Waals surface area contributed by atoms with Crippen molar-refractivity contribution in [3.8, 4) is 0 Å². The van der Waals surface area contributed by atoms with Crippen molar-refractivity contribution in [3.63, 3.8) is 0 Å². The van der Waals surface area contributed by atoms with Crippen molar-refractivity contribution < 1.29 is 59.9 Å². The average molecular weight is 1740 g/mol. The minimum Gasteiger partial charge on any atom is -0.396 e. The van der Waals surface area contributed by atoms with E-state index in [-0.39, 0.29) is 83.5 Å². The van der Waals surface area contributed by atoms with Gasteiger partial charge >= 0.3 is 0 Å². The maximum Gasteiger partial charge on any atom is 0.244 e. The normalized spacial score (nSPS) is 30.5. The fraction of sp³-hybridized carbons (Fsp3) is 0.617. The van der Waals surface area contributed by atoms with Gasteiger partial charge in [-0.05, 0) is 98.6 Å². The van der Waals surface area contributed by atoms with Crippen molar-refractivity contribution in [2.45, 2.75) is 283 Å². The van der Waals surface area contributed by atoms with Gasteiger partial charge in [-0.3, -0.25) is 0 Å². The number of fused-ring (bicyclic) bond motifs is 6. The summed E-state index contributed by atoms with van der Waals surface area (Å²) in [5.74, 6) is 0.344. The molecular formula is C81H110F6N26O7S2. The number of aryl methyl sites for hydroxylation is 6. The topological polar surface area (TPSA) is 399 Å². The smallest absolute Gasteiger partial charge is 0.244 e. The third-order valence-electron chi connectivity index (χ3n) is 23.9. The first-order chi connectivity index (χ1) is 58.2. The van der Waals surface area contributed by atoms with Crippen LogP contribution in [0.1, 0.15) is 221 Å². The van der Waals surface area contributed by atoms with Gasteiger partial charge in [0.25, 0.3) is 0 Å². The van der Waals surface area contributed by atoms with E-state index in [4.69, 9.17) is 45.6 Å². The van der Waals surface area contributed by atoms with E-state index < -0.39 is 79.3 Å². The molecule has 0 saturated carbocycles. The summed E-state index contributed by atoms with van der Waals surface area (Å²) >= 11 is 2.93. The van der Waals surface area contributed by atoms with Gasteiger partial charge in [0.15, 0.2) is 51.7 Å². The summed E-state index contributed by atoms with van der Waals surface area (Å²) in [4.78, 5) is 46.5. The van der Waals surface area contributed by atoms with Crippen LogP contribution >= 0.6 is 23.5 Å². The number of halogens is 6. The fourth-order valence-corrected chi connectivity index (χ4v) is 18.1. The van der Waals surface area contributed by atoms with Gasteiger partial charge in [0.1, 0.15) is 106 Å². The first kappa shape index (κ1) is 90.5. The van der Waals surface area contributed by atoms with Crippen molar-refractivity contribution in [1.29, 1.82) is 0 Å². The van der Waals surface area contributed by atoms with Crippen LogP contribution in [0.15, 0.2) is 59.5 Å². The Balaban J connectivity index is 0.000000126. The molecule has 0 bridgehead atoms. The van der Waals surface area contributed by atoms with Gasteiger partial charge in [0.05, 0.1) is 120 Å². The lowest BCUT2D eigenvalue weighted by Gasteiger charge is -2.24. The predicted molar refractivity (Wildman–Crippen MR) is 445 cm³/mol. The van der Waals surface area contributed by atoms with Crippen molar-refractivity contribution in [1.82, 2.24) is 113 Å². The molecule has 41 heteroatoms. The van der Waals surface area contributed by atoms with Crippen LogP contribution in [0.25, 0.3) is 33.9 Å². The number of nitrogen functional groups attached to an aromatic ring is 3. The Kier molecular flexibility index (Phi) is 27.7. The van der Waals surface area contributed by atoms with E-state index in [0.29, 0.717) is 109 Å². The summed E-state index contributed by atoms with van der Waals surface area (Å²) in [5.41, 5.74) is 25.3. The Hall–Kier alpha value is -9.23. The van der Waals surface area contributed by atoms with E-state index in [1.54, 1.807) is 93.5 Å². The van der Waals surface area contributed by atoms with Crippen LogP contribution in [0.3, 0.4) is 0 Å². The summed E-state index contributed by atoms with van der Waals surface area (Å²) in [6.07, 6.45) is 8.86. The lowest BCUT2D eigenvalue weighted by atomic mass is 9.95.